The first-order valence-corrected chi connectivity index (χ1v) is 13.0. The van der Waals surface area contributed by atoms with Crippen molar-refractivity contribution in [2.24, 2.45) is 0 Å². The topological polar surface area (TPSA) is 76.9 Å². The van der Waals surface area contributed by atoms with Crippen molar-refractivity contribution in [3.8, 4) is 0 Å². The van der Waals surface area contributed by atoms with Crippen LogP contribution in [0.25, 0.3) is 0 Å². The molecule has 1 unspecified atom stereocenters. The van der Waals surface area contributed by atoms with Gasteiger partial charge in [0.25, 0.3) is 0 Å². The van der Waals surface area contributed by atoms with Gasteiger partial charge in [0.05, 0.1) is 11.7 Å². The van der Waals surface area contributed by atoms with Crippen molar-refractivity contribution in [1.82, 2.24) is 14.8 Å². The van der Waals surface area contributed by atoms with Gasteiger partial charge in [0.15, 0.2) is 10.9 Å². The zero-order valence-electron chi connectivity index (χ0n) is 18.0. The minimum atomic E-state index is -0.223. The van der Waals surface area contributed by atoms with E-state index in [1.165, 1.54) is 35.9 Å². The first kappa shape index (κ1) is 21.4. The lowest BCUT2D eigenvalue weighted by molar-refractivity contribution is -0.116. The number of nitrogens with zero attached hydrogens (tertiary/aromatic N) is 3. The Kier molecular flexibility index (Phi) is 6.15. The van der Waals surface area contributed by atoms with Gasteiger partial charge in [-0.3, -0.25) is 9.59 Å². The summed E-state index contributed by atoms with van der Waals surface area (Å²) in [5.74, 6) is 1.10. The third kappa shape index (κ3) is 4.26. The summed E-state index contributed by atoms with van der Waals surface area (Å²) in [6.07, 6.45) is 6.80. The summed E-state index contributed by atoms with van der Waals surface area (Å²) in [7, 11) is 0. The molecule has 166 valence electrons. The number of thioether (sulfide) groups is 1. The molecule has 1 amide bonds. The van der Waals surface area contributed by atoms with Crippen LogP contribution >= 0.6 is 23.1 Å². The normalized spacial score (nSPS) is 18.5. The molecule has 1 aliphatic heterocycles. The Morgan fingerprint density at radius 3 is 2.84 bits per heavy atom. The molecule has 0 spiro atoms. The minimum Gasteiger partial charge on any atom is -0.325 e. The maximum absolute atomic E-state index is 13.0. The van der Waals surface area contributed by atoms with Gasteiger partial charge in [-0.1, -0.05) is 37.1 Å². The van der Waals surface area contributed by atoms with E-state index >= 15 is 0 Å². The molecule has 5 rings (SSSR count). The third-order valence-electron chi connectivity index (χ3n) is 6.41. The standard InChI is InChI=1S/C24H26N4O2S2/c1-15-19-12-16(9-10-20(19)25-23(15)30)21(29)14-32-24-27-26-22(13-18-8-5-11-31-18)28(24)17-6-3-2-4-7-17/h5,8-12,15,17H,2-4,6-7,13-14H2,1H3,(H,25,30). The molecule has 1 saturated carbocycles. The zero-order valence-corrected chi connectivity index (χ0v) is 19.7. The van der Waals surface area contributed by atoms with E-state index in [2.05, 4.69) is 37.6 Å². The van der Waals surface area contributed by atoms with Crippen molar-refractivity contribution < 1.29 is 9.59 Å². The lowest BCUT2D eigenvalue weighted by Gasteiger charge is -2.25. The number of aromatic nitrogens is 3. The second kappa shape index (κ2) is 9.19. The number of rotatable bonds is 7. The van der Waals surface area contributed by atoms with E-state index in [1.54, 1.807) is 17.4 Å². The molecule has 3 aromatic rings. The zero-order chi connectivity index (χ0) is 22.1. The maximum atomic E-state index is 13.0. The number of benzene rings is 1. The van der Waals surface area contributed by atoms with E-state index in [9.17, 15) is 9.59 Å². The number of carbonyl (C=O) groups excluding carboxylic acids is 2. The molecule has 1 aromatic carbocycles. The fraction of sp³-hybridized carbons (Fsp3) is 0.417. The highest BCUT2D eigenvalue weighted by Gasteiger charge is 2.28. The van der Waals surface area contributed by atoms with E-state index in [1.807, 2.05) is 19.1 Å². The Labute approximate surface area is 195 Å². The van der Waals surface area contributed by atoms with Crippen LogP contribution in [0, 0.1) is 0 Å². The van der Waals surface area contributed by atoms with Crippen LogP contribution in [0.4, 0.5) is 5.69 Å². The number of Topliss-reactive ketones (excluding diaryl/α,β-unsaturated/α-hetero) is 1. The average molecular weight is 467 g/mol. The molecule has 3 heterocycles. The van der Waals surface area contributed by atoms with Crippen LogP contribution in [0.2, 0.25) is 0 Å². The molecule has 2 aromatic heterocycles. The van der Waals surface area contributed by atoms with E-state index in [0.29, 0.717) is 17.4 Å². The van der Waals surface area contributed by atoms with Crippen LogP contribution in [0.15, 0.2) is 40.9 Å². The van der Waals surface area contributed by atoms with Crippen molar-refractivity contribution in [2.75, 3.05) is 11.1 Å². The molecule has 32 heavy (non-hydrogen) atoms. The van der Waals surface area contributed by atoms with Crippen LogP contribution < -0.4 is 5.32 Å². The van der Waals surface area contributed by atoms with Gasteiger partial charge in [0, 0.05) is 28.6 Å². The Balaban J connectivity index is 1.34. The van der Waals surface area contributed by atoms with Gasteiger partial charge in [-0.05, 0) is 55.0 Å². The summed E-state index contributed by atoms with van der Waals surface area (Å²) in [6.45, 7) is 1.87. The number of nitrogens with one attached hydrogen (secondary N) is 1. The number of anilines is 1. The van der Waals surface area contributed by atoms with Crippen molar-refractivity contribution in [2.45, 2.75) is 62.6 Å². The van der Waals surface area contributed by atoms with Crippen LogP contribution in [-0.4, -0.2) is 32.2 Å². The average Bonchev–Trinajstić information content (AvgIpc) is 3.53. The summed E-state index contributed by atoms with van der Waals surface area (Å²) < 4.78 is 2.30. The van der Waals surface area contributed by atoms with Gasteiger partial charge >= 0.3 is 0 Å². The van der Waals surface area contributed by atoms with Crippen molar-refractivity contribution >= 4 is 40.5 Å². The monoisotopic (exact) mass is 466 g/mol. The number of amides is 1. The second-order valence-electron chi connectivity index (χ2n) is 8.54. The molecule has 8 heteroatoms. The predicted molar refractivity (Wildman–Crippen MR) is 128 cm³/mol. The molecule has 2 aliphatic rings. The Hall–Kier alpha value is -2.45. The van der Waals surface area contributed by atoms with Crippen LogP contribution in [-0.2, 0) is 11.2 Å². The lowest BCUT2D eigenvalue weighted by atomic mass is 9.95. The van der Waals surface area contributed by atoms with Crippen LogP contribution in [0.1, 0.15) is 77.6 Å². The summed E-state index contributed by atoms with van der Waals surface area (Å²) in [6, 6.07) is 10.1. The highest BCUT2D eigenvalue weighted by molar-refractivity contribution is 7.99. The Bertz CT molecular complexity index is 1130. The molecule has 1 atom stereocenters. The van der Waals surface area contributed by atoms with E-state index in [0.717, 1.165) is 41.5 Å². The molecule has 1 N–H and O–H groups in total. The Morgan fingerprint density at radius 2 is 2.06 bits per heavy atom. The van der Waals surface area contributed by atoms with Crippen molar-refractivity contribution in [3.63, 3.8) is 0 Å². The smallest absolute Gasteiger partial charge is 0.231 e. The van der Waals surface area contributed by atoms with Crippen molar-refractivity contribution in [3.05, 3.63) is 57.5 Å². The molecule has 6 nitrogen and oxygen atoms in total. The summed E-state index contributed by atoms with van der Waals surface area (Å²) in [4.78, 5) is 26.2. The fourth-order valence-electron chi connectivity index (χ4n) is 4.61. The Morgan fingerprint density at radius 1 is 1.22 bits per heavy atom. The summed E-state index contributed by atoms with van der Waals surface area (Å²) >= 11 is 3.21. The van der Waals surface area contributed by atoms with E-state index < -0.39 is 0 Å². The fourth-order valence-corrected chi connectivity index (χ4v) is 6.23. The number of carbonyl (C=O) groups is 2. The van der Waals surface area contributed by atoms with Gasteiger partial charge in [0.2, 0.25) is 5.91 Å². The number of ketones is 1. The summed E-state index contributed by atoms with van der Waals surface area (Å²) in [5.41, 5.74) is 2.35. The van der Waals surface area contributed by atoms with Crippen LogP contribution in [0.3, 0.4) is 0 Å². The molecule has 0 saturated heterocycles. The first-order chi connectivity index (χ1) is 15.6. The van der Waals surface area contributed by atoms with Crippen molar-refractivity contribution in [1.29, 1.82) is 0 Å². The first-order valence-electron chi connectivity index (χ1n) is 11.2. The minimum absolute atomic E-state index is 0.0159. The van der Waals surface area contributed by atoms with Gasteiger partial charge in [-0.25, -0.2) is 0 Å². The van der Waals surface area contributed by atoms with Gasteiger partial charge in [-0.2, -0.15) is 0 Å². The molecule has 0 bridgehead atoms. The molecular weight excluding hydrogens is 440 g/mol. The quantitative estimate of drug-likeness (QED) is 0.369. The number of thiophene rings is 1. The highest BCUT2D eigenvalue weighted by atomic mass is 32.2. The third-order valence-corrected chi connectivity index (χ3v) is 8.23. The lowest BCUT2D eigenvalue weighted by Crippen LogP contribution is -2.17. The second-order valence-corrected chi connectivity index (χ2v) is 10.5. The number of hydrogen-bond donors (Lipinski definition) is 1. The summed E-state index contributed by atoms with van der Waals surface area (Å²) in [5, 5.41) is 14.8. The molecule has 0 radical (unpaired) electrons. The molecule has 1 aliphatic carbocycles. The number of fused-ring (bicyclic) bond motifs is 1. The van der Waals surface area contributed by atoms with Gasteiger partial charge in [-0.15, -0.1) is 21.5 Å². The van der Waals surface area contributed by atoms with E-state index in [-0.39, 0.29) is 17.6 Å². The molecular formula is C24H26N4O2S2. The SMILES string of the molecule is CC1C(=O)Nc2ccc(C(=O)CSc3nnc(Cc4cccs4)n3C3CCCCC3)cc21. The maximum Gasteiger partial charge on any atom is 0.231 e. The predicted octanol–water partition coefficient (Wildman–Crippen LogP) is 5.47. The van der Waals surface area contributed by atoms with Gasteiger partial charge < -0.3 is 9.88 Å². The molecule has 1 fully saturated rings. The highest BCUT2D eigenvalue weighted by Crippen LogP contribution is 2.35. The number of hydrogen-bond acceptors (Lipinski definition) is 6. The largest absolute Gasteiger partial charge is 0.325 e. The van der Waals surface area contributed by atoms with Crippen LogP contribution in [0.5, 0.6) is 0 Å². The van der Waals surface area contributed by atoms with E-state index in [4.69, 9.17) is 0 Å². The van der Waals surface area contributed by atoms with Gasteiger partial charge in [0.1, 0.15) is 5.82 Å².